The summed E-state index contributed by atoms with van der Waals surface area (Å²) < 4.78 is 29.6. The van der Waals surface area contributed by atoms with Crippen molar-refractivity contribution in [2.24, 2.45) is 0 Å². The number of carbonyl (C=O) groups excluding carboxylic acids is 1. The number of piperidine rings is 1. The van der Waals surface area contributed by atoms with Crippen molar-refractivity contribution in [2.75, 3.05) is 36.2 Å². The average molecular weight is 463 g/mol. The minimum absolute atomic E-state index is 0.00762. The Morgan fingerprint density at radius 1 is 1.25 bits per heavy atom. The van der Waals surface area contributed by atoms with E-state index in [1.807, 2.05) is 17.7 Å². The van der Waals surface area contributed by atoms with E-state index in [-0.39, 0.29) is 24.3 Å². The van der Waals surface area contributed by atoms with Crippen molar-refractivity contribution in [3.63, 3.8) is 0 Å². The second-order valence-electron chi connectivity index (χ2n) is 8.54. The molecule has 0 bridgehead atoms. The van der Waals surface area contributed by atoms with E-state index in [1.54, 1.807) is 0 Å². The maximum Gasteiger partial charge on any atom is 0.264 e. The third-order valence-corrected chi connectivity index (χ3v) is 6.71. The zero-order chi connectivity index (χ0) is 22.9. The van der Waals surface area contributed by atoms with Gasteiger partial charge in [0.25, 0.3) is 10.1 Å². The highest BCUT2D eigenvalue weighted by Gasteiger charge is 2.31. The summed E-state index contributed by atoms with van der Waals surface area (Å²) in [4.78, 5) is 27.8. The first kappa shape index (κ1) is 22.7. The number of nitrogens with one attached hydrogen (secondary N) is 1. The van der Waals surface area contributed by atoms with Gasteiger partial charge in [-0.2, -0.15) is 8.42 Å². The highest BCUT2D eigenvalue weighted by molar-refractivity contribution is 7.85. The molecule has 1 amide bonds. The summed E-state index contributed by atoms with van der Waals surface area (Å²) in [5, 5.41) is 2.87. The Bertz CT molecular complexity index is 1090. The van der Waals surface area contributed by atoms with E-state index in [0.717, 1.165) is 61.5 Å². The molecular weight excluding hydrogens is 432 g/mol. The first-order chi connectivity index (χ1) is 15.2. The third-order valence-electron chi connectivity index (χ3n) is 6.11. The molecule has 10 nitrogen and oxygen atoms in total. The van der Waals surface area contributed by atoms with Crippen molar-refractivity contribution in [1.29, 1.82) is 0 Å². The van der Waals surface area contributed by atoms with Crippen LogP contribution in [0.5, 0.6) is 0 Å². The lowest BCUT2D eigenvalue weighted by Crippen LogP contribution is -2.36. The minimum Gasteiger partial charge on any atom is -0.356 e. The van der Waals surface area contributed by atoms with E-state index in [1.165, 1.54) is 6.33 Å². The van der Waals surface area contributed by atoms with Gasteiger partial charge in [-0.05, 0) is 25.2 Å². The van der Waals surface area contributed by atoms with E-state index in [0.29, 0.717) is 18.8 Å². The third kappa shape index (κ3) is 4.93. The lowest BCUT2D eigenvalue weighted by atomic mass is 9.92. The number of imidazole rings is 1. The van der Waals surface area contributed by atoms with Gasteiger partial charge in [-0.1, -0.05) is 13.8 Å². The van der Waals surface area contributed by atoms with Gasteiger partial charge in [0, 0.05) is 43.7 Å². The second-order valence-corrected chi connectivity index (χ2v) is 10.2. The fourth-order valence-corrected chi connectivity index (χ4v) is 4.93. The van der Waals surface area contributed by atoms with Gasteiger partial charge >= 0.3 is 0 Å². The Labute approximate surface area is 188 Å². The van der Waals surface area contributed by atoms with Crippen LogP contribution in [0.1, 0.15) is 62.0 Å². The molecule has 11 heteroatoms. The molecule has 2 aliphatic heterocycles. The second kappa shape index (κ2) is 9.14. The van der Waals surface area contributed by atoms with Crippen LogP contribution in [-0.4, -0.2) is 59.8 Å². The molecule has 0 radical (unpaired) electrons. The number of amides is 1. The number of fused-ring (bicyclic) bond motifs is 1. The first-order valence-corrected chi connectivity index (χ1v) is 12.9. The monoisotopic (exact) mass is 462 g/mol. The first-order valence-electron chi connectivity index (χ1n) is 11.0. The highest BCUT2D eigenvalue weighted by Crippen LogP contribution is 2.38. The standard InChI is InChI=1S/C21H30N6O4S/c1-4-16-12-27(9-10-31-32(3,29)30)20(24-16)15-5-7-26(8-6-15)21-18-14(2)11-17(28)25-19(18)22-13-23-21/h12-15H,4-11H2,1-3H3,(H,22,23,25,28). The minimum atomic E-state index is -3.46. The molecule has 4 heterocycles. The van der Waals surface area contributed by atoms with Crippen LogP contribution in [0.3, 0.4) is 0 Å². The van der Waals surface area contributed by atoms with Crippen molar-refractivity contribution < 1.29 is 17.4 Å². The van der Waals surface area contributed by atoms with Crippen molar-refractivity contribution in [2.45, 2.75) is 57.9 Å². The Balaban J connectivity index is 1.47. The summed E-state index contributed by atoms with van der Waals surface area (Å²) in [7, 11) is -3.46. The number of rotatable bonds is 7. The number of nitrogens with zero attached hydrogens (tertiary/aromatic N) is 5. The van der Waals surface area contributed by atoms with Crippen LogP contribution >= 0.6 is 0 Å². The highest BCUT2D eigenvalue weighted by atomic mass is 32.2. The Morgan fingerprint density at radius 2 is 2.00 bits per heavy atom. The van der Waals surface area contributed by atoms with E-state index < -0.39 is 10.1 Å². The van der Waals surface area contributed by atoms with Gasteiger partial charge in [-0.15, -0.1) is 0 Å². The van der Waals surface area contributed by atoms with Crippen LogP contribution < -0.4 is 10.2 Å². The molecule has 1 atom stereocenters. The molecule has 2 aromatic heterocycles. The molecule has 2 aromatic rings. The van der Waals surface area contributed by atoms with Crippen LogP contribution in [0.15, 0.2) is 12.5 Å². The van der Waals surface area contributed by atoms with Gasteiger partial charge in [0.05, 0.1) is 18.6 Å². The van der Waals surface area contributed by atoms with E-state index in [9.17, 15) is 13.2 Å². The molecule has 4 rings (SSSR count). The number of carbonyl (C=O) groups is 1. The molecule has 0 aromatic carbocycles. The van der Waals surface area contributed by atoms with Gasteiger partial charge in [0.1, 0.15) is 23.8 Å². The van der Waals surface area contributed by atoms with Crippen molar-refractivity contribution in [3.05, 3.63) is 29.6 Å². The lowest BCUT2D eigenvalue weighted by molar-refractivity contribution is -0.116. The van der Waals surface area contributed by atoms with E-state index in [2.05, 4.69) is 27.1 Å². The molecule has 1 N–H and O–H groups in total. The number of hydrogen-bond acceptors (Lipinski definition) is 8. The van der Waals surface area contributed by atoms with Crippen molar-refractivity contribution in [1.82, 2.24) is 19.5 Å². The summed E-state index contributed by atoms with van der Waals surface area (Å²) in [5.41, 5.74) is 2.01. The van der Waals surface area contributed by atoms with Gasteiger partial charge < -0.3 is 14.8 Å². The molecule has 174 valence electrons. The lowest BCUT2D eigenvalue weighted by Gasteiger charge is -2.35. The average Bonchev–Trinajstić information content (AvgIpc) is 3.15. The number of anilines is 2. The summed E-state index contributed by atoms with van der Waals surface area (Å²) in [5.74, 6) is 2.86. The fourth-order valence-electron chi connectivity index (χ4n) is 4.55. The topological polar surface area (TPSA) is 119 Å². The fraction of sp³-hybridized carbons (Fsp3) is 0.619. The molecule has 0 spiro atoms. The van der Waals surface area contributed by atoms with Crippen molar-refractivity contribution in [3.8, 4) is 0 Å². The summed E-state index contributed by atoms with van der Waals surface area (Å²) in [6.45, 7) is 6.29. The molecule has 1 saturated heterocycles. The molecule has 32 heavy (non-hydrogen) atoms. The molecule has 1 fully saturated rings. The Kier molecular flexibility index (Phi) is 6.47. The predicted octanol–water partition coefficient (Wildman–Crippen LogP) is 2.04. The summed E-state index contributed by atoms with van der Waals surface area (Å²) in [6.07, 6.45) is 7.66. The van der Waals surface area contributed by atoms with E-state index >= 15 is 0 Å². The summed E-state index contributed by atoms with van der Waals surface area (Å²) >= 11 is 0. The Morgan fingerprint density at radius 3 is 2.69 bits per heavy atom. The quantitative estimate of drug-likeness (QED) is 0.621. The number of aryl methyl sites for hydroxylation is 1. The number of aromatic nitrogens is 4. The summed E-state index contributed by atoms with van der Waals surface area (Å²) in [6, 6.07) is 0. The molecular formula is C21H30N6O4S. The van der Waals surface area contributed by atoms with Gasteiger partial charge in [-0.3, -0.25) is 8.98 Å². The van der Waals surface area contributed by atoms with Gasteiger partial charge in [0.15, 0.2) is 0 Å². The molecule has 0 saturated carbocycles. The largest absolute Gasteiger partial charge is 0.356 e. The van der Waals surface area contributed by atoms with Gasteiger partial charge in [-0.25, -0.2) is 15.0 Å². The predicted molar refractivity (Wildman–Crippen MR) is 120 cm³/mol. The molecule has 1 unspecified atom stereocenters. The number of hydrogen-bond donors (Lipinski definition) is 1. The van der Waals surface area contributed by atoms with Crippen LogP contribution in [0.2, 0.25) is 0 Å². The zero-order valence-electron chi connectivity index (χ0n) is 18.7. The zero-order valence-corrected chi connectivity index (χ0v) is 19.6. The van der Waals surface area contributed by atoms with Crippen molar-refractivity contribution >= 4 is 27.7 Å². The Hall–Kier alpha value is -2.53. The molecule has 2 aliphatic rings. The normalized spacial score (nSPS) is 19.7. The van der Waals surface area contributed by atoms with Gasteiger partial charge in [0.2, 0.25) is 5.91 Å². The van der Waals surface area contributed by atoms with Crippen LogP contribution in [-0.2, 0) is 32.1 Å². The van der Waals surface area contributed by atoms with Crippen LogP contribution in [0, 0.1) is 0 Å². The maximum atomic E-state index is 11.9. The van der Waals surface area contributed by atoms with Crippen LogP contribution in [0.4, 0.5) is 11.6 Å². The SMILES string of the molecule is CCc1cn(CCOS(C)(=O)=O)c(C2CCN(c3ncnc4c3C(C)CC(=O)N4)CC2)n1. The van der Waals surface area contributed by atoms with E-state index in [4.69, 9.17) is 9.17 Å². The maximum absolute atomic E-state index is 11.9. The molecule has 0 aliphatic carbocycles. The van der Waals surface area contributed by atoms with Crippen LogP contribution in [0.25, 0.3) is 0 Å². The smallest absolute Gasteiger partial charge is 0.264 e.